The Morgan fingerprint density at radius 3 is 2.16 bits per heavy atom. The zero-order chi connectivity index (χ0) is 32.6. The van der Waals surface area contributed by atoms with E-state index in [-0.39, 0.29) is 44.6 Å². The van der Waals surface area contributed by atoms with Gasteiger partial charge in [-0.2, -0.15) is 0 Å². The average Bonchev–Trinajstić information content (AvgIpc) is 3.38. The van der Waals surface area contributed by atoms with Gasteiger partial charge in [0.2, 0.25) is 23.6 Å². The number of aromatic nitrogens is 1. The van der Waals surface area contributed by atoms with Crippen molar-refractivity contribution in [1.29, 1.82) is 0 Å². The summed E-state index contributed by atoms with van der Waals surface area (Å²) in [5.41, 5.74) is 28.9. The summed E-state index contributed by atoms with van der Waals surface area (Å²) in [6.07, 6.45) is 3.19. The lowest BCUT2D eigenvalue weighted by Crippen LogP contribution is -2.57. The molecular formula is C28H44N10O6. The normalized spacial score (nSPS) is 13.7. The number of aromatic amines is 1. The first-order chi connectivity index (χ1) is 20.9. The molecule has 1 aromatic carbocycles. The fourth-order valence-corrected chi connectivity index (χ4v) is 4.51. The Morgan fingerprint density at radius 1 is 0.841 bits per heavy atom. The number of nitrogens with zero attached hydrogens (tertiary/aromatic N) is 1. The number of carboxylic acid groups (broad SMARTS) is 1. The van der Waals surface area contributed by atoms with Crippen molar-refractivity contribution in [3.05, 3.63) is 36.0 Å². The molecule has 44 heavy (non-hydrogen) atoms. The second-order valence-corrected chi connectivity index (χ2v) is 10.4. The summed E-state index contributed by atoms with van der Waals surface area (Å²) in [7, 11) is 0. The summed E-state index contributed by atoms with van der Waals surface area (Å²) < 4.78 is 0. The van der Waals surface area contributed by atoms with Crippen molar-refractivity contribution in [3.8, 4) is 0 Å². The molecule has 4 unspecified atom stereocenters. The SMILES string of the molecule is NCCCCC(N)C(=O)NC(CCC(N)=O)C(=O)NC(Cc1c[nH]c2ccccc12)C(=O)NC(CCCN=C(N)N)C(=O)O. The molecule has 2 rings (SSSR count). The molecule has 0 spiro atoms. The van der Waals surface area contributed by atoms with Crippen LogP contribution < -0.4 is 44.6 Å². The molecule has 15 N–H and O–H groups in total. The van der Waals surface area contributed by atoms with Gasteiger partial charge in [-0.15, -0.1) is 0 Å². The predicted molar refractivity (Wildman–Crippen MR) is 165 cm³/mol. The van der Waals surface area contributed by atoms with Crippen LogP contribution in [0.15, 0.2) is 35.5 Å². The Kier molecular flexibility index (Phi) is 14.6. The number of nitrogens with one attached hydrogen (secondary N) is 4. The van der Waals surface area contributed by atoms with E-state index in [4.69, 9.17) is 28.7 Å². The van der Waals surface area contributed by atoms with Crippen molar-refractivity contribution in [1.82, 2.24) is 20.9 Å². The molecule has 4 atom stereocenters. The molecular weight excluding hydrogens is 572 g/mol. The quantitative estimate of drug-likeness (QED) is 0.0444. The maximum atomic E-state index is 13.5. The number of carbonyl (C=O) groups is 5. The molecule has 2 aromatic rings. The van der Waals surface area contributed by atoms with Crippen molar-refractivity contribution in [3.63, 3.8) is 0 Å². The summed E-state index contributed by atoms with van der Waals surface area (Å²) >= 11 is 0. The van der Waals surface area contributed by atoms with Gasteiger partial charge in [0.15, 0.2) is 5.96 Å². The van der Waals surface area contributed by atoms with E-state index < -0.39 is 53.8 Å². The summed E-state index contributed by atoms with van der Waals surface area (Å²) in [4.78, 5) is 70.1. The Bertz CT molecular complexity index is 1310. The maximum absolute atomic E-state index is 13.5. The molecule has 0 bridgehead atoms. The summed E-state index contributed by atoms with van der Waals surface area (Å²) in [6.45, 7) is 0.601. The predicted octanol–water partition coefficient (Wildman–Crippen LogP) is -1.98. The third-order valence-electron chi connectivity index (χ3n) is 6.91. The minimum Gasteiger partial charge on any atom is -0.480 e. The van der Waals surface area contributed by atoms with E-state index in [1.807, 2.05) is 24.3 Å². The van der Waals surface area contributed by atoms with Gasteiger partial charge in [0.25, 0.3) is 0 Å². The first-order valence-electron chi connectivity index (χ1n) is 14.4. The van der Waals surface area contributed by atoms with Crippen LogP contribution in [0.1, 0.15) is 50.5 Å². The minimum atomic E-state index is -1.30. The van der Waals surface area contributed by atoms with Gasteiger partial charge in [-0.3, -0.25) is 24.2 Å². The molecule has 0 aliphatic rings. The topological polar surface area (TPSA) is 300 Å². The number of fused-ring (bicyclic) bond motifs is 1. The third-order valence-corrected chi connectivity index (χ3v) is 6.91. The molecule has 0 saturated carbocycles. The number of rotatable bonds is 20. The number of unbranched alkanes of at least 4 members (excludes halogenated alkanes) is 1. The van der Waals surface area contributed by atoms with Crippen LogP contribution in [0, 0.1) is 0 Å². The minimum absolute atomic E-state index is 0.0169. The molecule has 0 aliphatic heterocycles. The van der Waals surface area contributed by atoms with E-state index in [0.29, 0.717) is 31.4 Å². The molecule has 0 radical (unpaired) electrons. The van der Waals surface area contributed by atoms with Gasteiger partial charge in [-0.1, -0.05) is 24.6 Å². The number of carbonyl (C=O) groups excluding carboxylic acids is 4. The van der Waals surface area contributed by atoms with Gasteiger partial charge < -0.3 is 54.7 Å². The number of hydrogen-bond donors (Lipinski definition) is 10. The van der Waals surface area contributed by atoms with E-state index in [2.05, 4.69) is 25.9 Å². The lowest BCUT2D eigenvalue weighted by atomic mass is 10.0. The smallest absolute Gasteiger partial charge is 0.326 e. The van der Waals surface area contributed by atoms with E-state index in [1.54, 1.807) is 6.20 Å². The highest BCUT2D eigenvalue weighted by Crippen LogP contribution is 2.19. The number of primary amides is 1. The molecule has 0 aliphatic carbocycles. The number of aliphatic carboxylic acids is 1. The number of aliphatic imine (C=N–C) groups is 1. The maximum Gasteiger partial charge on any atom is 0.326 e. The number of carboxylic acids is 1. The lowest BCUT2D eigenvalue weighted by molar-refractivity contribution is -0.142. The Balaban J connectivity index is 2.29. The van der Waals surface area contributed by atoms with Crippen molar-refractivity contribution in [2.75, 3.05) is 13.1 Å². The Morgan fingerprint density at radius 2 is 1.50 bits per heavy atom. The van der Waals surface area contributed by atoms with Crippen LogP contribution in [0.2, 0.25) is 0 Å². The van der Waals surface area contributed by atoms with E-state index in [1.165, 1.54) is 0 Å². The first kappa shape index (κ1) is 35.5. The van der Waals surface area contributed by atoms with Crippen LogP contribution in [-0.4, -0.2) is 82.9 Å². The number of amides is 4. The molecule has 242 valence electrons. The monoisotopic (exact) mass is 616 g/mol. The number of guanidine groups is 1. The highest BCUT2D eigenvalue weighted by atomic mass is 16.4. The fraction of sp³-hybridized carbons (Fsp3) is 0.500. The average molecular weight is 617 g/mol. The number of benzene rings is 1. The van der Waals surface area contributed by atoms with E-state index in [0.717, 1.165) is 10.9 Å². The lowest BCUT2D eigenvalue weighted by Gasteiger charge is -2.25. The van der Waals surface area contributed by atoms with Gasteiger partial charge in [0.1, 0.15) is 18.1 Å². The summed E-state index contributed by atoms with van der Waals surface area (Å²) in [6, 6.07) is 2.61. The third kappa shape index (κ3) is 11.9. The molecule has 1 aromatic heterocycles. The van der Waals surface area contributed by atoms with Crippen LogP contribution >= 0.6 is 0 Å². The van der Waals surface area contributed by atoms with Gasteiger partial charge in [0.05, 0.1) is 6.04 Å². The molecule has 16 nitrogen and oxygen atoms in total. The van der Waals surface area contributed by atoms with E-state index in [9.17, 15) is 29.1 Å². The molecule has 1 heterocycles. The molecule has 0 saturated heterocycles. The van der Waals surface area contributed by atoms with Crippen molar-refractivity contribution >= 4 is 46.5 Å². The van der Waals surface area contributed by atoms with Gasteiger partial charge in [0, 0.05) is 36.5 Å². The fourth-order valence-electron chi connectivity index (χ4n) is 4.51. The molecule has 0 fully saturated rings. The standard InChI is InChI=1S/C28H44N10O6/c29-12-4-3-7-18(30)24(40)36-20(10-11-23(31)39)25(41)38-22(14-16-15-35-19-8-2-1-6-17(16)19)26(42)37-21(27(43)44)9-5-13-34-28(32)33/h1-2,6,8,15,18,20-22,35H,3-5,7,9-14,29-30H2,(H2,31,39)(H,36,40)(H,37,42)(H,38,41)(H,43,44)(H4,32,33,34). The second-order valence-electron chi connectivity index (χ2n) is 10.4. The van der Waals surface area contributed by atoms with Crippen LogP contribution in [0.5, 0.6) is 0 Å². The number of hydrogen-bond acceptors (Lipinski definition) is 8. The Hall–Kier alpha value is -4.70. The van der Waals surface area contributed by atoms with Gasteiger partial charge in [-0.05, 0) is 50.3 Å². The van der Waals surface area contributed by atoms with Crippen LogP contribution in [0.4, 0.5) is 0 Å². The van der Waals surface area contributed by atoms with Crippen molar-refractivity contribution in [2.45, 2.75) is 75.5 Å². The van der Waals surface area contributed by atoms with Crippen molar-refractivity contribution in [2.24, 2.45) is 33.7 Å². The largest absolute Gasteiger partial charge is 0.480 e. The number of para-hydroxylation sites is 1. The van der Waals surface area contributed by atoms with Crippen LogP contribution in [-0.2, 0) is 30.4 Å². The number of H-pyrrole nitrogens is 1. The highest BCUT2D eigenvalue weighted by molar-refractivity contribution is 5.95. The zero-order valence-corrected chi connectivity index (χ0v) is 24.6. The van der Waals surface area contributed by atoms with Gasteiger partial charge >= 0.3 is 5.97 Å². The summed E-state index contributed by atoms with van der Waals surface area (Å²) in [5, 5.41) is 18.2. The molecule has 4 amide bonds. The number of nitrogens with two attached hydrogens (primary N) is 5. The van der Waals surface area contributed by atoms with E-state index >= 15 is 0 Å². The summed E-state index contributed by atoms with van der Waals surface area (Å²) in [5.74, 6) is -4.27. The van der Waals surface area contributed by atoms with Crippen LogP contribution in [0.25, 0.3) is 10.9 Å². The van der Waals surface area contributed by atoms with Crippen LogP contribution in [0.3, 0.4) is 0 Å². The molecule has 16 heteroatoms. The Labute approximate surface area is 254 Å². The van der Waals surface area contributed by atoms with Crippen molar-refractivity contribution < 1.29 is 29.1 Å². The van der Waals surface area contributed by atoms with Gasteiger partial charge in [-0.25, -0.2) is 4.79 Å². The second kappa shape index (κ2) is 18.1. The zero-order valence-electron chi connectivity index (χ0n) is 24.6. The first-order valence-corrected chi connectivity index (χ1v) is 14.4. The highest BCUT2D eigenvalue weighted by Gasteiger charge is 2.31.